The molecule has 0 aromatic carbocycles. The predicted octanol–water partition coefficient (Wildman–Crippen LogP) is 2.60. The molecule has 0 aliphatic heterocycles. The van der Waals surface area contributed by atoms with Gasteiger partial charge in [0, 0.05) is 12.4 Å². The van der Waals surface area contributed by atoms with Crippen LogP contribution in [0.1, 0.15) is 25.5 Å². The van der Waals surface area contributed by atoms with Crippen molar-refractivity contribution in [2.45, 2.75) is 19.8 Å². The molecular formula is C10H11FN2. The number of halogens is 1. The van der Waals surface area contributed by atoms with E-state index in [1.54, 1.807) is 10.5 Å². The fourth-order valence-electron chi connectivity index (χ4n) is 1.26. The third-order valence-corrected chi connectivity index (χ3v) is 2.03. The number of imidazole rings is 1. The lowest BCUT2D eigenvalue weighted by molar-refractivity contribution is 0.619. The molecule has 2 rings (SSSR count). The van der Waals surface area contributed by atoms with Crippen LogP contribution in [0, 0.1) is 5.82 Å². The average molecular weight is 178 g/mol. The summed E-state index contributed by atoms with van der Waals surface area (Å²) in [5, 5.41) is 0. The van der Waals surface area contributed by atoms with E-state index >= 15 is 0 Å². The first kappa shape index (κ1) is 8.23. The molecule has 2 aromatic rings. The molecule has 2 aromatic heterocycles. The van der Waals surface area contributed by atoms with Gasteiger partial charge >= 0.3 is 0 Å². The minimum absolute atomic E-state index is 0.236. The average Bonchev–Trinajstić information content (AvgIpc) is 2.46. The zero-order valence-corrected chi connectivity index (χ0v) is 7.66. The molecule has 0 amide bonds. The highest BCUT2D eigenvalue weighted by atomic mass is 19.1. The van der Waals surface area contributed by atoms with Gasteiger partial charge in [0.1, 0.15) is 11.5 Å². The van der Waals surface area contributed by atoms with E-state index in [1.807, 2.05) is 6.20 Å². The fraction of sp³-hybridized carbons (Fsp3) is 0.300. The van der Waals surface area contributed by atoms with Crippen LogP contribution < -0.4 is 0 Å². The summed E-state index contributed by atoms with van der Waals surface area (Å²) in [4.78, 5) is 4.35. The Morgan fingerprint density at radius 1 is 1.31 bits per heavy atom. The summed E-state index contributed by atoms with van der Waals surface area (Å²) in [7, 11) is 0. The summed E-state index contributed by atoms with van der Waals surface area (Å²) in [5.41, 5.74) is 1.79. The van der Waals surface area contributed by atoms with Crippen LogP contribution in [0.5, 0.6) is 0 Å². The number of hydrogen-bond donors (Lipinski definition) is 0. The monoisotopic (exact) mass is 178 g/mol. The van der Waals surface area contributed by atoms with Crippen molar-refractivity contribution >= 4 is 5.65 Å². The maximum absolute atomic E-state index is 12.8. The third-order valence-electron chi connectivity index (χ3n) is 2.03. The van der Waals surface area contributed by atoms with Crippen molar-refractivity contribution in [1.29, 1.82) is 0 Å². The molecule has 3 heteroatoms. The molecule has 0 fully saturated rings. The van der Waals surface area contributed by atoms with Gasteiger partial charge in [-0.25, -0.2) is 9.37 Å². The van der Waals surface area contributed by atoms with Crippen molar-refractivity contribution in [3.8, 4) is 0 Å². The Labute approximate surface area is 76.0 Å². The van der Waals surface area contributed by atoms with Gasteiger partial charge in [-0.3, -0.25) is 0 Å². The highest BCUT2D eigenvalue weighted by molar-refractivity contribution is 5.40. The molecule has 0 aliphatic carbocycles. The summed E-state index contributed by atoms with van der Waals surface area (Å²) in [5.74, 6) is 0.142. The van der Waals surface area contributed by atoms with Gasteiger partial charge in [-0.15, -0.1) is 0 Å². The van der Waals surface area contributed by atoms with Gasteiger partial charge in [0.2, 0.25) is 0 Å². The highest BCUT2D eigenvalue weighted by Gasteiger charge is 2.04. The van der Waals surface area contributed by atoms with Crippen LogP contribution in [0.25, 0.3) is 5.65 Å². The summed E-state index contributed by atoms with van der Waals surface area (Å²) >= 11 is 0. The summed E-state index contributed by atoms with van der Waals surface area (Å²) in [6.07, 6.45) is 3.30. The van der Waals surface area contributed by atoms with Gasteiger partial charge in [-0.2, -0.15) is 0 Å². The number of aromatic nitrogens is 2. The molecule has 0 saturated heterocycles. The lowest BCUT2D eigenvalue weighted by Crippen LogP contribution is -1.84. The Morgan fingerprint density at radius 2 is 2.08 bits per heavy atom. The Morgan fingerprint density at radius 3 is 2.77 bits per heavy atom. The van der Waals surface area contributed by atoms with Crippen molar-refractivity contribution in [3.63, 3.8) is 0 Å². The van der Waals surface area contributed by atoms with Crippen LogP contribution in [0.2, 0.25) is 0 Å². The summed E-state index contributed by atoms with van der Waals surface area (Å²) in [6.45, 7) is 4.14. The normalized spacial score (nSPS) is 11.4. The predicted molar refractivity (Wildman–Crippen MR) is 49.2 cm³/mol. The molecule has 0 saturated carbocycles. The van der Waals surface area contributed by atoms with Gasteiger partial charge in [0.15, 0.2) is 0 Å². The van der Waals surface area contributed by atoms with Crippen molar-refractivity contribution < 1.29 is 4.39 Å². The molecule has 2 nitrogen and oxygen atoms in total. The molecule has 0 spiro atoms. The van der Waals surface area contributed by atoms with E-state index in [-0.39, 0.29) is 5.82 Å². The smallest absolute Gasteiger partial charge is 0.139 e. The van der Waals surface area contributed by atoms with E-state index < -0.39 is 0 Å². The van der Waals surface area contributed by atoms with Crippen LogP contribution in [-0.2, 0) is 0 Å². The molecule has 0 unspecified atom stereocenters. The molecular weight excluding hydrogens is 167 g/mol. The zero-order chi connectivity index (χ0) is 9.42. The van der Waals surface area contributed by atoms with Crippen molar-refractivity contribution in [2.75, 3.05) is 0 Å². The Hall–Kier alpha value is -1.38. The number of rotatable bonds is 1. The fourth-order valence-corrected chi connectivity index (χ4v) is 1.26. The van der Waals surface area contributed by atoms with Crippen LogP contribution in [0.15, 0.2) is 24.5 Å². The number of hydrogen-bond acceptors (Lipinski definition) is 1. The molecule has 0 atom stereocenters. The minimum atomic E-state index is -0.236. The Bertz CT molecular complexity index is 431. The van der Waals surface area contributed by atoms with Crippen LogP contribution >= 0.6 is 0 Å². The topological polar surface area (TPSA) is 17.3 Å². The van der Waals surface area contributed by atoms with Crippen molar-refractivity contribution in [2.24, 2.45) is 0 Å². The van der Waals surface area contributed by atoms with Gasteiger partial charge in [0.05, 0.1) is 5.69 Å². The second-order valence-electron chi connectivity index (χ2n) is 3.43. The lowest BCUT2D eigenvalue weighted by Gasteiger charge is -1.94. The van der Waals surface area contributed by atoms with E-state index in [0.29, 0.717) is 5.92 Å². The molecule has 2 heterocycles. The van der Waals surface area contributed by atoms with Crippen LogP contribution in [0.4, 0.5) is 4.39 Å². The van der Waals surface area contributed by atoms with Gasteiger partial charge in [0.25, 0.3) is 0 Å². The largest absolute Gasteiger partial charge is 0.304 e. The molecule has 0 N–H and O–H groups in total. The maximum atomic E-state index is 12.8. The first-order chi connectivity index (χ1) is 6.16. The summed E-state index contributed by atoms with van der Waals surface area (Å²) < 4.78 is 14.5. The standard InChI is InChI=1S/C10H11FN2/c1-7(2)9-6-13-5-8(11)3-4-10(13)12-9/h3-7H,1-2H3. The van der Waals surface area contributed by atoms with E-state index in [1.165, 1.54) is 12.3 Å². The zero-order valence-electron chi connectivity index (χ0n) is 7.66. The van der Waals surface area contributed by atoms with Crippen LogP contribution in [-0.4, -0.2) is 9.38 Å². The van der Waals surface area contributed by atoms with Gasteiger partial charge in [-0.05, 0) is 18.1 Å². The highest BCUT2D eigenvalue weighted by Crippen LogP contribution is 2.14. The van der Waals surface area contributed by atoms with Crippen molar-refractivity contribution in [1.82, 2.24) is 9.38 Å². The number of fused-ring (bicyclic) bond motifs is 1. The van der Waals surface area contributed by atoms with E-state index in [2.05, 4.69) is 18.8 Å². The van der Waals surface area contributed by atoms with Gasteiger partial charge in [-0.1, -0.05) is 13.8 Å². The quantitative estimate of drug-likeness (QED) is 0.656. The van der Waals surface area contributed by atoms with Crippen molar-refractivity contribution in [3.05, 3.63) is 36.0 Å². The molecule has 68 valence electrons. The molecule has 13 heavy (non-hydrogen) atoms. The second kappa shape index (κ2) is 2.83. The van der Waals surface area contributed by atoms with E-state index in [4.69, 9.17) is 0 Å². The first-order valence-electron chi connectivity index (χ1n) is 4.31. The SMILES string of the molecule is CC(C)c1cn2cc(F)ccc2n1. The third kappa shape index (κ3) is 1.41. The number of nitrogens with zero attached hydrogens (tertiary/aromatic N) is 2. The first-order valence-corrected chi connectivity index (χ1v) is 4.31. The minimum Gasteiger partial charge on any atom is -0.304 e. The Balaban J connectivity index is 2.62. The summed E-state index contributed by atoms with van der Waals surface area (Å²) in [6, 6.07) is 3.10. The van der Waals surface area contributed by atoms with E-state index in [9.17, 15) is 4.39 Å². The van der Waals surface area contributed by atoms with Gasteiger partial charge < -0.3 is 4.40 Å². The molecule has 0 aliphatic rings. The molecule has 0 radical (unpaired) electrons. The maximum Gasteiger partial charge on any atom is 0.139 e. The Kier molecular flexibility index (Phi) is 1.79. The van der Waals surface area contributed by atoms with Crippen LogP contribution in [0.3, 0.4) is 0 Å². The number of pyridine rings is 1. The van der Waals surface area contributed by atoms with E-state index in [0.717, 1.165) is 11.3 Å². The molecule has 0 bridgehead atoms. The lowest BCUT2D eigenvalue weighted by atomic mass is 10.2. The second-order valence-corrected chi connectivity index (χ2v) is 3.43.